The van der Waals surface area contributed by atoms with Gasteiger partial charge in [0.05, 0.1) is 12.8 Å². The Morgan fingerprint density at radius 2 is 1.50 bits per heavy atom. The van der Waals surface area contributed by atoms with Gasteiger partial charge in [-0.25, -0.2) is 4.79 Å². The van der Waals surface area contributed by atoms with Gasteiger partial charge in [-0.3, -0.25) is 0 Å². The summed E-state index contributed by atoms with van der Waals surface area (Å²) in [6, 6.07) is 25.9. The van der Waals surface area contributed by atoms with Crippen LogP contribution in [0.1, 0.15) is 5.56 Å². The molecule has 0 saturated heterocycles. The lowest BCUT2D eigenvalue weighted by atomic mass is 10.0. The summed E-state index contributed by atoms with van der Waals surface area (Å²) in [6.45, 7) is 0. The molecule has 0 aliphatic rings. The molecule has 0 unspecified atom stereocenters. The Balaban J connectivity index is 2.10. The minimum absolute atomic E-state index is 0.378. The van der Waals surface area contributed by atoms with Gasteiger partial charge in [0.25, 0.3) is 0 Å². The summed E-state index contributed by atoms with van der Waals surface area (Å²) in [5, 5.41) is 10.0. The number of rotatable bonds is 7. The van der Waals surface area contributed by atoms with Crippen LogP contribution in [0.3, 0.4) is 0 Å². The SMILES string of the molecule is COc1ccccc1N(c1ccccc1)[C@@H](Cc1ccccc1)C(=O)O. The zero-order valence-electron chi connectivity index (χ0n) is 14.6. The van der Waals surface area contributed by atoms with Crippen molar-refractivity contribution in [1.29, 1.82) is 0 Å². The molecule has 0 fully saturated rings. The molecule has 0 spiro atoms. The van der Waals surface area contributed by atoms with E-state index in [4.69, 9.17) is 4.74 Å². The van der Waals surface area contributed by atoms with E-state index in [0.29, 0.717) is 12.2 Å². The molecule has 0 bridgehead atoms. The van der Waals surface area contributed by atoms with E-state index in [1.165, 1.54) is 0 Å². The van der Waals surface area contributed by atoms with Gasteiger partial charge in [-0.1, -0.05) is 60.7 Å². The van der Waals surface area contributed by atoms with Crippen LogP contribution in [0.2, 0.25) is 0 Å². The summed E-state index contributed by atoms with van der Waals surface area (Å²) < 4.78 is 5.49. The van der Waals surface area contributed by atoms with E-state index in [-0.39, 0.29) is 0 Å². The maximum Gasteiger partial charge on any atom is 0.327 e. The van der Waals surface area contributed by atoms with E-state index in [0.717, 1.165) is 16.9 Å². The van der Waals surface area contributed by atoms with Gasteiger partial charge in [0.15, 0.2) is 0 Å². The molecule has 0 heterocycles. The van der Waals surface area contributed by atoms with Gasteiger partial charge >= 0.3 is 5.97 Å². The molecule has 1 N–H and O–H groups in total. The molecule has 0 amide bonds. The second-order valence-electron chi connectivity index (χ2n) is 5.92. The number of aliphatic carboxylic acids is 1. The molecular formula is C22H21NO3. The third kappa shape index (κ3) is 3.86. The molecule has 3 aromatic rings. The molecule has 0 aromatic heterocycles. The molecule has 4 nitrogen and oxygen atoms in total. The van der Waals surface area contributed by atoms with Crippen LogP contribution < -0.4 is 9.64 Å². The fraction of sp³-hybridized carbons (Fsp3) is 0.136. The van der Waals surface area contributed by atoms with Crippen LogP contribution in [0.5, 0.6) is 5.75 Å². The Kier molecular flexibility index (Phi) is 5.54. The van der Waals surface area contributed by atoms with Crippen LogP contribution in [-0.2, 0) is 11.2 Å². The molecule has 4 heteroatoms. The molecule has 1 atom stereocenters. The van der Waals surface area contributed by atoms with Gasteiger partial charge in [-0.05, 0) is 29.8 Å². The fourth-order valence-corrected chi connectivity index (χ4v) is 3.03. The zero-order chi connectivity index (χ0) is 18.4. The number of hydrogen-bond donors (Lipinski definition) is 1. The largest absolute Gasteiger partial charge is 0.495 e. The predicted molar refractivity (Wildman–Crippen MR) is 103 cm³/mol. The van der Waals surface area contributed by atoms with E-state index < -0.39 is 12.0 Å². The predicted octanol–water partition coefficient (Wildman–Crippen LogP) is 4.53. The second kappa shape index (κ2) is 8.21. The topological polar surface area (TPSA) is 49.8 Å². The van der Waals surface area contributed by atoms with Crippen LogP contribution >= 0.6 is 0 Å². The maximum absolute atomic E-state index is 12.2. The Morgan fingerprint density at radius 1 is 0.923 bits per heavy atom. The molecule has 0 aliphatic heterocycles. The van der Waals surface area contributed by atoms with Crippen LogP contribution in [-0.4, -0.2) is 24.2 Å². The van der Waals surface area contributed by atoms with Crippen molar-refractivity contribution in [3.63, 3.8) is 0 Å². The molecule has 0 saturated carbocycles. The fourth-order valence-electron chi connectivity index (χ4n) is 3.03. The Bertz CT molecular complexity index is 850. The molecule has 0 radical (unpaired) electrons. The van der Waals surface area contributed by atoms with Crippen molar-refractivity contribution in [2.45, 2.75) is 12.5 Å². The van der Waals surface area contributed by atoms with Gasteiger partial charge in [0.2, 0.25) is 0 Å². The first-order valence-corrected chi connectivity index (χ1v) is 8.44. The summed E-state index contributed by atoms with van der Waals surface area (Å²) in [5.74, 6) is -0.251. The lowest BCUT2D eigenvalue weighted by Crippen LogP contribution is -2.40. The highest BCUT2D eigenvalue weighted by atomic mass is 16.5. The highest BCUT2D eigenvalue weighted by Gasteiger charge is 2.29. The van der Waals surface area contributed by atoms with Crippen LogP contribution in [0.15, 0.2) is 84.9 Å². The average Bonchev–Trinajstić information content (AvgIpc) is 2.69. The highest BCUT2D eigenvalue weighted by molar-refractivity contribution is 5.84. The minimum atomic E-state index is -0.886. The third-order valence-corrected chi connectivity index (χ3v) is 4.25. The Morgan fingerprint density at radius 3 is 2.12 bits per heavy atom. The number of methoxy groups -OCH3 is 1. The van der Waals surface area contributed by atoms with Crippen LogP contribution in [0.25, 0.3) is 0 Å². The number of ether oxygens (including phenoxy) is 1. The number of para-hydroxylation sites is 3. The van der Waals surface area contributed by atoms with Crippen molar-refractivity contribution in [2.75, 3.05) is 12.0 Å². The molecule has 132 valence electrons. The molecule has 26 heavy (non-hydrogen) atoms. The minimum Gasteiger partial charge on any atom is -0.495 e. The monoisotopic (exact) mass is 347 g/mol. The van der Waals surface area contributed by atoms with Crippen molar-refractivity contribution < 1.29 is 14.6 Å². The van der Waals surface area contributed by atoms with E-state index >= 15 is 0 Å². The molecular weight excluding hydrogens is 326 g/mol. The zero-order valence-corrected chi connectivity index (χ0v) is 14.6. The van der Waals surface area contributed by atoms with Gasteiger partial charge in [-0.2, -0.15) is 0 Å². The Labute approximate surface area is 153 Å². The first kappa shape index (κ1) is 17.5. The maximum atomic E-state index is 12.2. The van der Waals surface area contributed by atoms with Gasteiger partial charge in [0, 0.05) is 12.1 Å². The summed E-state index contributed by atoms with van der Waals surface area (Å²) in [5.41, 5.74) is 2.50. The Hall–Kier alpha value is -3.27. The standard InChI is InChI=1S/C22H21NO3/c1-26-21-15-9-8-14-19(21)23(18-12-6-3-7-13-18)20(22(24)25)16-17-10-4-2-5-11-17/h2-15,20H,16H2,1H3,(H,24,25)/t20-/m0/s1. The lowest BCUT2D eigenvalue weighted by molar-refractivity contribution is -0.138. The smallest absolute Gasteiger partial charge is 0.327 e. The normalized spacial score (nSPS) is 11.6. The van der Waals surface area contributed by atoms with Crippen LogP contribution in [0, 0.1) is 0 Å². The van der Waals surface area contributed by atoms with E-state index in [1.807, 2.05) is 89.8 Å². The van der Waals surface area contributed by atoms with E-state index in [1.54, 1.807) is 7.11 Å². The van der Waals surface area contributed by atoms with Crippen molar-refractivity contribution in [2.24, 2.45) is 0 Å². The molecule has 3 aromatic carbocycles. The van der Waals surface area contributed by atoms with Gasteiger partial charge in [-0.15, -0.1) is 0 Å². The number of nitrogens with zero attached hydrogens (tertiary/aromatic N) is 1. The lowest BCUT2D eigenvalue weighted by Gasteiger charge is -2.32. The van der Waals surface area contributed by atoms with E-state index in [2.05, 4.69) is 0 Å². The van der Waals surface area contributed by atoms with Gasteiger partial charge in [0.1, 0.15) is 11.8 Å². The average molecular weight is 347 g/mol. The summed E-state index contributed by atoms with van der Waals surface area (Å²) >= 11 is 0. The van der Waals surface area contributed by atoms with E-state index in [9.17, 15) is 9.90 Å². The second-order valence-corrected chi connectivity index (χ2v) is 5.92. The number of hydrogen-bond acceptors (Lipinski definition) is 3. The van der Waals surface area contributed by atoms with Crippen molar-refractivity contribution in [3.05, 3.63) is 90.5 Å². The van der Waals surface area contributed by atoms with Gasteiger partial charge < -0.3 is 14.7 Å². The molecule has 3 rings (SSSR count). The van der Waals surface area contributed by atoms with Crippen molar-refractivity contribution >= 4 is 17.3 Å². The first-order chi connectivity index (χ1) is 12.7. The number of carboxylic acid groups (broad SMARTS) is 1. The van der Waals surface area contributed by atoms with Crippen LogP contribution in [0.4, 0.5) is 11.4 Å². The number of carbonyl (C=O) groups is 1. The van der Waals surface area contributed by atoms with Crippen molar-refractivity contribution in [3.8, 4) is 5.75 Å². The summed E-state index contributed by atoms with van der Waals surface area (Å²) in [7, 11) is 1.59. The molecule has 0 aliphatic carbocycles. The number of carboxylic acids is 1. The quantitative estimate of drug-likeness (QED) is 0.682. The number of anilines is 2. The first-order valence-electron chi connectivity index (χ1n) is 8.44. The van der Waals surface area contributed by atoms with Crippen molar-refractivity contribution in [1.82, 2.24) is 0 Å². The summed E-state index contributed by atoms with van der Waals surface area (Å²) in [6.07, 6.45) is 0.378. The summed E-state index contributed by atoms with van der Waals surface area (Å²) in [4.78, 5) is 14.0. The highest BCUT2D eigenvalue weighted by Crippen LogP contribution is 2.36. The number of benzene rings is 3. The third-order valence-electron chi connectivity index (χ3n) is 4.25.